The van der Waals surface area contributed by atoms with Gasteiger partial charge in [-0.25, -0.2) is 13.4 Å². The number of primary amides is 1. The molecule has 2 N–H and O–H groups in total. The minimum Gasteiger partial charge on any atom is -0.439 e. The summed E-state index contributed by atoms with van der Waals surface area (Å²) in [6.07, 6.45) is -2.98. The first kappa shape index (κ1) is 23.1. The Hall–Kier alpha value is -3.60. The van der Waals surface area contributed by atoms with Gasteiger partial charge in [0.15, 0.2) is 0 Å². The molecule has 0 radical (unpaired) electrons. The highest BCUT2D eigenvalue weighted by Gasteiger charge is 2.31. The molecule has 0 atom stereocenters. The van der Waals surface area contributed by atoms with Crippen LogP contribution in [0.15, 0.2) is 71.8 Å². The first-order chi connectivity index (χ1) is 15.0. The Labute approximate surface area is 182 Å². The van der Waals surface area contributed by atoms with Crippen molar-refractivity contribution in [2.75, 3.05) is 10.8 Å². The molecule has 0 aliphatic heterocycles. The number of aromatic nitrogens is 1. The number of rotatable bonds is 7. The maximum atomic E-state index is 13.1. The van der Waals surface area contributed by atoms with E-state index in [0.717, 1.165) is 29.8 Å². The van der Waals surface area contributed by atoms with Gasteiger partial charge in [-0.05, 0) is 61.0 Å². The molecular weight excluding hydrogens is 447 g/mol. The van der Waals surface area contributed by atoms with E-state index in [0.29, 0.717) is 15.9 Å². The van der Waals surface area contributed by atoms with Gasteiger partial charge in [0.1, 0.15) is 12.3 Å². The maximum absolute atomic E-state index is 13.1. The lowest BCUT2D eigenvalue weighted by Gasteiger charge is -2.23. The first-order valence-electron chi connectivity index (χ1n) is 9.16. The Morgan fingerprint density at radius 1 is 1.03 bits per heavy atom. The molecule has 0 saturated heterocycles. The number of carbonyl (C=O) groups excluding carboxylic acids is 1. The number of anilines is 1. The van der Waals surface area contributed by atoms with E-state index in [1.807, 2.05) is 6.92 Å². The van der Waals surface area contributed by atoms with Gasteiger partial charge in [-0.1, -0.05) is 6.07 Å². The van der Waals surface area contributed by atoms with Gasteiger partial charge in [0, 0.05) is 12.3 Å². The third-order valence-electron chi connectivity index (χ3n) is 4.30. The monoisotopic (exact) mass is 465 g/mol. The lowest BCUT2D eigenvalue weighted by Crippen LogP contribution is -2.38. The minimum absolute atomic E-state index is 0.138. The Balaban J connectivity index is 1.89. The van der Waals surface area contributed by atoms with Crippen molar-refractivity contribution in [1.82, 2.24) is 4.98 Å². The maximum Gasteiger partial charge on any atom is 0.416 e. The van der Waals surface area contributed by atoms with Crippen molar-refractivity contribution < 1.29 is 31.1 Å². The van der Waals surface area contributed by atoms with E-state index in [2.05, 4.69) is 4.98 Å². The second-order valence-electron chi connectivity index (χ2n) is 6.77. The van der Waals surface area contributed by atoms with Gasteiger partial charge >= 0.3 is 6.18 Å². The molecule has 0 aliphatic rings. The van der Waals surface area contributed by atoms with Gasteiger partial charge in [0.25, 0.3) is 10.0 Å². The Kier molecular flexibility index (Phi) is 6.40. The van der Waals surface area contributed by atoms with Gasteiger partial charge in [0.2, 0.25) is 11.8 Å². The fourth-order valence-electron chi connectivity index (χ4n) is 2.72. The second-order valence-corrected chi connectivity index (χ2v) is 8.63. The highest BCUT2D eigenvalue weighted by atomic mass is 32.2. The number of nitrogens with zero attached hydrogens (tertiary/aromatic N) is 2. The fourth-order valence-corrected chi connectivity index (χ4v) is 4.15. The van der Waals surface area contributed by atoms with Crippen LogP contribution in [0.4, 0.5) is 18.9 Å². The number of nitrogens with two attached hydrogens (primary N) is 1. The van der Waals surface area contributed by atoms with Crippen molar-refractivity contribution in [2.24, 2.45) is 5.73 Å². The van der Waals surface area contributed by atoms with Gasteiger partial charge in [-0.15, -0.1) is 0 Å². The number of ether oxygens (including phenoxy) is 1. The molecule has 3 aromatic rings. The molecule has 0 spiro atoms. The summed E-state index contributed by atoms with van der Waals surface area (Å²) in [7, 11) is -4.31. The summed E-state index contributed by atoms with van der Waals surface area (Å²) in [6.45, 7) is 1.12. The molecule has 1 heterocycles. The average Bonchev–Trinajstić information content (AvgIpc) is 2.73. The lowest BCUT2D eigenvalue weighted by molar-refractivity contribution is -0.137. The molecule has 168 valence electrons. The zero-order valence-corrected chi connectivity index (χ0v) is 17.5. The van der Waals surface area contributed by atoms with Crippen LogP contribution in [-0.4, -0.2) is 25.9 Å². The van der Waals surface area contributed by atoms with E-state index in [1.54, 1.807) is 18.3 Å². The van der Waals surface area contributed by atoms with Crippen molar-refractivity contribution in [3.8, 4) is 11.6 Å². The van der Waals surface area contributed by atoms with Crippen LogP contribution in [0, 0.1) is 6.92 Å². The van der Waals surface area contributed by atoms with Crippen molar-refractivity contribution in [3.63, 3.8) is 0 Å². The SMILES string of the molecule is Cc1ccc(Oc2ccc(S(=O)(=O)N(CC(N)=O)c3ccc(C(F)(F)F)cc3)cc2)nc1. The molecule has 0 fully saturated rings. The Morgan fingerprint density at radius 3 is 2.16 bits per heavy atom. The number of hydrogen-bond donors (Lipinski definition) is 1. The van der Waals surface area contributed by atoms with E-state index in [1.165, 1.54) is 24.3 Å². The van der Waals surface area contributed by atoms with E-state index in [9.17, 15) is 26.4 Å². The largest absolute Gasteiger partial charge is 0.439 e. The molecular formula is C21H18F3N3O4S. The Morgan fingerprint density at radius 2 is 1.66 bits per heavy atom. The molecule has 0 saturated carbocycles. The third-order valence-corrected chi connectivity index (χ3v) is 6.09. The molecule has 1 aromatic heterocycles. The van der Waals surface area contributed by atoms with Crippen molar-refractivity contribution >= 4 is 21.6 Å². The molecule has 0 aliphatic carbocycles. The minimum atomic E-state index is -4.59. The summed E-state index contributed by atoms with van der Waals surface area (Å²) in [5.74, 6) is -0.346. The van der Waals surface area contributed by atoms with Crippen LogP contribution in [-0.2, 0) is 21.0 Å². The number of benzene rings is 2. The van der Waals surface area contributed by atoms with Gasteiger partial charge < -0.3 is 10.5 Å². The van der Waals surface area contributed by atoms with Crippen LogP contribution in [0.25, 0.3) is 0 Å². The molecule has 7 nitrogen and oxygen atoms in total. The number of aryl methyl sites for hydroxylation is 1. The summed E-state index contributed by atoms with van der Waals surface area (Å²) in [5.41, 5.74) is 5.02. The molecule has 2 aromatic carbocycles. The number of hydrogen-bond acceptors (Lipinski definition) is 5. The standard InChI is InChI=1S/C21H18F3N3O4S/c1-14-2-11-20(26-12-14)31-17-7-9-18(10-8-17)32(29,30)27(13-19(25)28)16-5-3-15(4-6-16)21(22,23)24/h2-12H,13H2,1H3,(H2,25,28). The molecule has 1 amide bonds. The van der Waals surface area contributed by atoms with Crippen molar-refractivity contribution in [2.45, 2.75) is 18.0 Å². The normalized spacial score (nSPS) is 11.8. The molecule has 0 bridgehead atoms. The van der Waals surface area contributed by atoms with E-state index in [-0.39, 0.29) is 10.6 Å². The summed E-state index contributed by atoms with van der Waals surface area (Å²) in [5, 5.41) is 0. The average molecular weight is 465 g/mol. The summed E-state index contributed by atoms with van der Waals surface area (Å²) in [4.78, 5) is 15.4. The zero-order chi connectivity index (χ0) is 23.5. The molecule has 3 rings (SSSR count). The number of carbonyl (C=O) groups is 1. The number of halogens is 3. The van der Waals surface area contributed by atoms with Crippen LogP contribution in [0.3, 0.4) is 0 Å². The number of pyridine rings is 1. The van der Waals surface area contributed by atoms with Crippen molar-refractivity contribution in [1.29, 1.82) is 0 Å². The van der Waals surface area contributed by atoms with Gasteiger partial charge in [-0.3, -0.25) is 9.10 Å². The highest BCUT2D eigenvalue weighted by molar-refractivity contribution is 7.92. The van der Waals surface area contributed by atoms with Crippen LogP contribution in [0.1, 0.15) is 11.1 Å². The lowest BCUT2D eigenvalue weighted by atomic mass is 10.2. The smallest absolute Gasteiger partial charge is 0.416 e. The fraction of sp³-hybridized carbons (Fsp3) is 0.143. The number of amides is 1. The van der Waals surface area contributed by atoms with Crippen LogP contribution < -0.4 is 14.8 Å². The van der Waals surface area contributed by atoms with E-state index < -0.39 is 34.2 Å². The molecule has 0 unspecified atom stereocenters. The molecule has 32 heavy (non-hydrogen) atoms. The van der Waals surface area contributed by atoms with Crippen LogP contribution >= 0.6 is 0 Å². The molecule has 11 heteroatoms. The van der Waals surface area contributed by atoms with E-state index >= 15 is 0 Å². The van der Waals surface area contributed by atoms with Crippen LogP contribution in [0.2, 0.25) is 0 Å². The number of sulfonamides is 1. The van der Waals surface area contributed by atoms with Gasteiger partial charge in [0.05, 0.1) is 16.1 Å². The van der Waals surface area contributed by atoms with Crippen LogP contribution in [0.5, 0.6) is 11.6 Å². The highest BCUT2D eigenvalue weighted by Crippen LogP contribution is 2.32. The zero-order valence-electron chi connectivity index (χ0n) is 16.7. The topological polar surface area (TPSA) is 103 Å². The summed E-state index contributed by atoms with van der Waals surface area (Å²) >= 11 is 0. The van der Waals surface area contributed by atoms with E-state index in [4.69, 9.17) is 10.5 Å². The van der Waals surface area contributed by atoms with Crippen molar-refractivity contribution in [3.05, 3.63) is 78.0 Å². The quantitative estimate of drug-likeness (QED) is 0.571. The summed E-state index contributed by atoms with van der Waals surface area (Å²) in [6, 6.07) is 12.1. The second kappa shape index (κ2) is 8.87. The van der Waals surface area contributed by atoms with Gasteiger partial charge in [-0.2, -0.15) is 13.2 Å². The predicted molar refractivity (Wildman–Crippen MR) is 111 cm³/mol. The predicted octanol–water partition coefficient (Wildman–Crippen LogP) is 3.88. The summed E-state index contributed by atoms with van der Waals surface area (Å²) < 4.78 is 70.9. The Bertz CT molecular complexity index is 1200. The number of alkyl halides is 3. The third kappa shape index (κ3) is 5.35. The first-order valence-corrected chi connectivity index (χ1v) is 10.6.